The molecule has 2 fully saturated rings. The molecule has 3 rings (SSSR count). The van der Waals surface area contributed by atoms with Crippen molar-refractivity contribution >= 4 is 27.3 Å². The number of nitrogens with two attached hydrogens (primary N) is 1. The molecular weight excluding hydrogens is 386 g/mol. The second-order valence-corrected chi connectivity index (χ2v) is 9.24. The number of piperidine rings is 1. The number of benzene rings is 1. The minimum Gasteiger partial charge on any atom is -0.369 e. The minimum atomic E-state index is -3.80. The molecule has 0 bridgehead atoms. The van der Waals surface area contributed by atoms with Gasteiger partial charge in [0.25, 0.3) is 5.69 Å². The summed E-state index contributed by atoms with van der Waals surface area (Å²) in [6.07, 6.45) is 1.33. The number of piperazine rings is 1. The molecule has 2 saturated heterocycles. The van der Waals surface area contributed by atoms with E-state index >= 15 is 0 Å². The number of anilines is 1. The van der Waals surface area contributed by atoms with Gasteiger partial charge in [0.1, 0.15) is 5.69 Å². The van der Waals surface area contributed by atoms with Crippen LogP contribution in [-0.2, 0) is 14.8 Å². The zero-order valence-corrected chi connectivity index (χ0v) is 16.6. The number of rotatable bonds is 5. The number of likely N-dealkylation sites (N-methyl/N-ethyl adjacent to an activating group) is 1. The summed E-state index contributed by atoms with van der Waals surface area (Å²) in [5.74, 6) is -0.802. The number of nitro benzene ring substituents is 1. The molecule has 1 aromatic carbocycles. The molecule has 1 aromatic rings. The molecule has 1 amide bonds. The van der Waals surface area contributed by atoms with Crippen LogP contribution in [0.15, 0.2) is 23.1 Å². The lowest BCUT2D eigenvalue weighted by atomic mass is 9.97. The van der Waals surface area contributed by atoms with Gasteiger partial charge in [-0.05, 0) is 32.0 Å². The number of nitro groups is 1. The molecule has 0 spiro atoms. The summed E-state index contributed by atoms with van der Waals surface area (Å²) < 4.78 is 27.2. The average molecular weight is 411 g/mol. The zero-order valence-electron chi connectivity index (χ0n) is 15.8. The monoisotopic (exact) mass is 411 g/mol. The van der Waals surface area contributed by atoms with E-state index in [0.717, 1.165) is 6.07 Å². The van der Waals surface area contributed by atoms with Gasteiger partial charge in [0.15, 0.2) is 0 Å². The Labute approximate surface area is 164 Å². The molecule has 0 aliphatic carbocycles. The molecule has 2 aliphatic heterocycles. The van der Waals surface area contributed by atoms with Crippen LogP contribution < -0.4 is 10.6 Å². The second kappa shape index (κ2) is 8.02. The quantitative estimate of drug-likeness (QED) is 0.542. The molecule has 0 saturated carbocycles. The predicted octanol–water partition coefficient (Wildman–Crippen LogP) is 0.233. The summed E-state index contributed by atoms with van der Waals surface area (Å²) in [6.45, 7) is 2.76. The predicted molar refractivity (Wildman–Crippen MR) is 103 cm³/mol. The van der Waals surface area contributed by atoms with Crippen LogP contribution in [0.3, 0.4) is 0 Å². The van der Waals surface area contributed by atoms with Gasteiger partial charge in [-0.25, -0.2) is 8.42 Å². The number of primary amides is 1. The first-order valence-corrected chi connectivity index (χ1v) is 10.7. The lowest BCUT2D eigenvalue weighted by Gasteiger charge is -2.33. The lowest BCUT2D eigenvalue weighted by molar-refractivity contribution is -0.384. The summed E-state index contributed by atoms with van der Waals surface area (Å²) >= 11 is 0. The third kappa shape index (κ3) is 4.10. The van der Waals surface area contributed by atoms with Gasteiger partial charge in [-0.3, -0.25) is 14.9 Å². The van der Waals surface area contributed by atoms with Crippen LogP contribution in [0.2, 0.25) is 0 Å². The number of sulfonamides is 1. The van der Waals surface area contributed by atoms with Crippen LogP contribution in [0.25, 0.3) is 0 Å². The highest BCUT2D eigenvalue weighted by Gasteiger charge is 2.32. The smallest absolute Gasteiger partial charge is 0.293 e. The summed E-state index contributed by atoms with van der Waals surface area (Å²) in [4.78, 5) is 26.3. The second-order valence-electron chi connectivity index (χ2n) is 7.30. The zero-order chi connectivity index (χ0) is 20.5. The Kier molecular flexibility index (Phi) is 5.87. The van der Waals surface area contributed by atoms with E-state index in [0.29, 0.717) is 57.8 Å². The van der Waals surface area contributed by atoms with E-state index in [1.807, 2.05) is 11.9 Å². The first-order chi connectivity index (χ1) is 13.2. The molecule has 154 valence electrons. The number of hydrogen-bond acceptors (Lipinski definition) is 7. The fourth-order valence-electron chi connectivity index (χ4n) is 3.68. The summed E-state index contributed by atoms with van der Waals surface area (Å²) in [5.41, 5.74) is 5.43. The van der Waals surface area contributed by atoms with Crippen LogP contribution in [-0.4, -0.2) is 74.8 Å². The van der Waals surface area contributed by atoms with Crippen LogP contribution in [0.5, 0.6) is 0 Å². The van der Waals surface area contributed by atoms with E-state index in [1.54, 1.807) is 4.90 Å². The molecule has 0 aromatic heterocycles. The number of carbonyl (C=O) groups excluding carboxylic acids is 1. The molecule has 1 atom stereocenters. The Morgan fingerprint density at radius 2 is 1.89 bits per heavy atom. The van der Waals surface area contributed by atoms with Gasteiger partial charge in [0.2, 0.25) is 15.9 Å². The molecule has 0 radical (unpaired) electrons. The maximum atomic E-state index is 12.9. The van der Waals surface area contributed by atoms with Crippen molar-refractivity contribution in [3.8, 4) is 0 Å². The molecule has 11 heteroatoms. The number of carbonyl (C=O) groups is 1. The third-order valence-corrected chi connectivity index (χ3v) is 7.30. The van der Waals surface area contributed by atoms with Gasteiger partial charge >= 0.3 is 0 Å². The van der Waals surface area contributed by atoms with E-state index in [9.17, 15) is 23.3 Å². The summed E-state index contributed by atoms with van der Waals surface area (Å²) in [6, 6.07) is 3.99. The molecule has 10 nitrogen and oxygen atoms in total. The first kappa shape index (κ1) is 20.5. The fraction of sp³-hybridized carbons (Fsp3) is 0.588. The van der Waals surface area contributed by atoms with Crippen LogP contribution in [0.4, 0.5) is 11.4 Å². The van der Waals surface area contributed by atoms with E-state index in [4.69, 9.17) is 5.73 Å². The highest BCUT2D eigenvalue weighted by Crippen LogP contribution is 2.34. The van der Waals surface area contributed by atoms with Crippen LogP contribution in [0, 0.1) is 16.0 Å². The SMILES string of the molecule is CN1CCN(S(=O)(=O)c2ccc(N3CCCC(C(N)=O)C3)c([N+](=O)[O-])c2)CC1. The van der Waals surface area contributed by atoms with E-state index in [-0.39, 0.29) is 16.5 Å². The standard InChI is InChI=1S/C17H25N5O5S/c1-19-7-9-21(10-8-19)28(26,27)14-4-5-15(16(11-14)22(24)25)20-6-2-3-13(12-20)17(18)23/h4-5,11,13H,2-3,6-10,12H2,1H3,(H2,18,23). The highest BCUT2D eigenvalue weighted by atomic mass is 32.2. The Hall–Kier alpha value is -2.24. The summed E-state index contributed by atoms with van der Waals surface area (Å²) in [5, 5.41) is 11.7. The largest absolute Gasteiger partial charge is 0.369 e. The maximum Gasteiger partial charge on any atom is 0.293 e. The molecule has 1 unspecified atom stereocenters. The topological polar surface area (TPSA) is 130 Å². The van der Waals surface area contributed by atoms with E-state index in [2.05, 4.69) is 0 Å². The Morgan fingerprint density at radius 1 is 1.21 bits per heavy atom. The van der Waals surface area contributed by atoms with Crippen molar-refractivity contribution in [3.63, 3.8) is 0 Å². The van der Waals surface area contributed by atoms with Gasteiger partial charge in [0.05, 0.1) is 15.7 Å². The molecule has 2 aliphatic rings. The van der Waals surface area contributed by atoms with Crippen molar-refractivity contribution in [2.45, 2.75) is 17.7 Å². The highest BCUT2D eigenvalue weighted by molar-refractivity contribution is 7.89. The number of hydrogen-bond donors (Lipinski definition) is 1. The van der Waals surface area contributed by atoms with Crippen LogP contribution in [0.1, 0.15) is 12.8 Å². The van der Waals surface area contributed by atoms with Crippen molar-refractivity contribution in [1.29, 1.82) is 0 Å². The summed E-state index contributed by atoms with van der Waals surface area (Å²) in [7, 11) is -1.89. The Bertz CT molecular complexity index is 867. The van der Waals surface area contributed by atoms with Crippen molar-refractivity contribution in [1.82, 2.24) is 9.21 Å². The van der Waals surface area contributed by atoms with Gasteiger partial charge in [-0.15, -0.1) is 0 Å². The van der Waals surface area contributed by atoms with Crippen LogP contribution >= 0.6 is 0 Å². The van der Waals surface area contributed by atoms with Gasteiger partial charge in [-0.1, -0.05) is 0 Å². The molecular formula is C17H25N5O5S. The van der Waals surface area contributed by atoms with E-state index < -0.39 is 20.9 Å². The Balaban J connectivity index is 1.91. The number of nitrogens with zero attached hydrogens (tertiary/aromatic N) is 4. The van der Waals surface area contributed by atoms with Crippen molar-refractivity contribution < 1.29 is 18.1 Å². The fourth-order valence-corrected chi connectivity index (χ4v) is 5.13. The maximum absolute atomic E-state index is 12.9. The normalized spacial score (nSPS) is 22.2. The Morgan fingerprint density at radius 3 is 2.50 bits per heavy atom. The van der Waals surface area contributed by atoms with Gasteiger partial charge in [-0.2, -0.15) is 4.31 Å². The van der Waals surface area contributed by atoms with Crippen molar-refractivity contribution in [3.05, 3.63) is 28.3 Å². The van der Waals surface area contributed by atoms with Crippen molar-refractivity contribution in [2.24, 2.45) is 11.7 Å². The number of amides is 1. The average Bonchev–Trinajstić information content (AvgIpc) is 2.68. The molecule has 2 N–H and O–H groups in total. The molecule has 2 heterocycles. The van der Waals surface area contributed by atoms with Gasteiger partial charge in [0, 0.05) is 45.3 Å². The molecule has 28 heavy (non-hydrogen) atoms. The van der Waals surface area contributed by atoms with E-state index in [1.165, 1.54) is 16.4 Å². The third-order valence-electron chi connectivity index (χ3n) is 5.41. The van der Waals surface area contributed by atoms with Crippen molar-refractivity contribution in [2.75, 3.05) is 51.2 Å². The van der Waals surface area contributed by atoms with Gasteiger partial charge < -0.3 is 15.5 Å². The minimum absolute atomic E-state index is 0.0871. The lowest BCUT2D eigenvalue weighted by Crippen LogP contribution is -2.47. The first-order valence-electron chi connectivity index (χ1n) is 9.21.